The number of nitriles is 1. The van der Waals surface area contributed by atoms with Crippen molar-refractivity contribution in [3.63, 3.8) is 0 Å². The lowest BCUT2D eigenvalue weighted by atomic mass is 9.77. The monoisotopic (exact) mass is 190 g/mol. The summed E-state index contributed by atoms with van der Waals surface area (Å²) in [6.45, 7) is 0. The van der Waals surface area contributed by atoms with E-state index in [-0.39, 0.29) is 6.04 Å². The molecule has 0 heterocycles. The van der Waals surface area contributed by atoms with Gasteiger partial charge in [-0.2, -0.15) is 5.26 Å². The third-order valence-electron chi connectivity index (χ3n) is 3.79. The third-order valence-corrected chi connectivity index (χ3v) is 3.79. The molecule has 2 atom stereocenters. The van der Waals surface area contributed by atoms with Crippen molar-refractivity contribution in [1.29, 1.82) is 5.26 Å². The summed E-state index contributed by atoms with van der Waals surface area (Å²) in [4.78, 5) is 0. The van der Waals surface area contributed by atoms with E-state index in [0.29, 0.717) is 5.92 Å². The smallest absolute Gasteiger partial charge is 0.0944 e. The molecule has 0 aliphatic heterocycles. The van der Waals surface area contributed by atoms with Gasteiger partial charge in [0.2, 0.25) is 0 Å². The van der Waals surface area contributed by atoms with Crippen LogP contribution in [-0.4, -0.2) is 6.04 Å². The van der Waals surface area contributed by atoms with Crippen LogP contribution in [0, 0.1) is 23.2 Å². The van der Waals surface area contributed by atoms with Crippen LogP contribution in [0.25, 0.3) is 0 Å². The van der Waals surface area contributed by atoms with Crippen molar-refractivity contribution in [3.05, 3.63) is 11.6 Å². The minimum absolute atomic E-state index is 0.234. The third kappa shape index (κ3) is 1.83. The zero-order valence-corrected chi connectivity index (χ0v) is 8.58. The fourth-order valence-corrected chi connectivity index (χ4v) is 2.96. The molecule has 2 unspecified atom stereocenters. The van der Waals surface area contributed by atoms with Crippen LogP contribution in [0.3, 0.4) is 0 Å². The molecular weight excluding hydrogens is 172 g/mol. The van der Waals surface area contributed by atoms with Crippen LogP contribution < -0.4 is 5.73 Å². The lowest BCUT2D eigenvalue weighted by Crippen LogP contribution is -2.36. The minimum atomic E-state index is 0.234. The summed E-state index contributed by atoms with van der Waals surface area (Å²) >= 11 is 0. The fraction of sp³-hybridized carbons (Fsp3) is 0.750. The molecule has 0 bridgehead atoms. The number of hydrogen-bond acceptors (Lipinski definition) is 2. The van der Waals surface area contributed by atoms with E-state index < -0.39 is 0 Å². The molecule has 2 rings (SSSR count). The predicted molar refractivity (Wildman–Crippen MR) is 56.4 cm³/mol. The van der Waals surface area contributed by atoms with Gasteiger partial charge >= 0.3 is 0 Å². The summed E-state index contributed by atoms with van der Waals surface area (Å²) < 4.78 is 0. The van der Waals surface area contributed by atoms with Crippen LogP contribution in [0.1, 0.15) is 38.5 Å². The van der Waals surface area contributed by atoms with E-state index in [1.165, 1.54) is 25.7 Å². The second-order valence-corrected chi connectivity index (χ2v) is 4.65. The lowest BCUT2D eigenvalue weighted by Gasteiger charge is -2.31. The molecule has 0 aromatic carbocycles. The van der Waals surface area contributed by atoms with E-state index in [0.717, 1.165) is 24.3 Å². The Labute approximate surface area is 85.8 Å². The van der Waals surface area contributed by atoms with Gasteiger partial charge in [0.15, 0.2) is 0 Å². The van der Waals surface area contributed by atoms with Gasteiger partial charge in [0.1, 0.15) is 0 Å². The first-order valence-corrected chi connectivity index (χ1v) is 5.66. The summed E-state index contributed by atoms with van der Waals surface area (Å²) in [5, 5.41) is 8.79. The molecule has 0 aromatic rings. The predicted octanol–water partition coefficient (Wildman–Crippen LogP) is 2.36. The molecular formula is C12H18N2. The highest BCUT2D eigenvalue weighted by molar-refractivity contribution is 5.24. The molecule has 0 radical (unpaired) electrons. The Hall–Kier alpha value is -0.810. The van der Waals surface area contributed by atoms with Crippen molar-refractivity contribution >= 4 is 0 Å². The summed E-state index contributed by atoms with van der Waals surface area (Å²) in [6.07, 6.45) is 9.41. The second kappa shape index (κ2) is 4.14. The number of rotatable bonds is 1. The van der Waals surface area contributed by atoms with Crippen LogP contribution in [0.2, 0.25) is 0 Å². The Morgan fingerprint density at radius 1 is 1.36 bits per heavy atom. The highest BCUT2D eigenvalue weighted by Gasteiger charge is 2.31. The van der Waals surface area contributed by atoms with Gasteiger partial charge in [0, 0.05) is 11.6 Å². The van der Waals surface area contributed by atoms with Crippen molar-refractivity contribution in [2.24, 2.45) is 17.6 Å². The molecule has 1 saturated carbocycles. The molecule has 2 aliphatic carbocycles. The van der Waals surface area contributed by atoms with Gasteiger partial charge in [-0.15, -0.1) is 0 Å². The molecule has 2 heteroatoms. The van der Waals surface area contributed by atoms with E-state index in [1.807, 2.05) is 0 Å². The van der Waals surface area contributed by atoms with Gasteiger partial charge in [-0.05, 0) is 24.7 Å². The molecule has 2 aliphatic rings. The van der Waals surface area contributed by atoms with Crippen molar-refractivity contribution in [1.82, 2.24) is 0 Å². The van der Waals surface area contributed by atoms with Gasteiger partial charge in [0.05, 0.1) is 6.07 Å². The van der Waals surface area contributed by atoms with Gasteiger partial charge in [-0.25, -0.2) is 0 Å². The summed E-state index contributed by atoms with van der Waals surface area (Å²) in [5.74, 6) is 1.48. The summed E-state index contributed by atoms with van der Waals surface area (Å²) in [7, 11) is 0. The molecule has 0 saturated heterocycles. The van der Waals surface area contributed by atoms with Gasteiger partial charge in [-0.1, -0.05) is 31.8 Å². The van der Waals surface area contributed by atoms with Crippen molar-refractivity contribution < 1.29 is 0 Å². The second-order valence-electron chi connectivity index (χ2n) is 4.65. The standard InChI is InChI=1S/C12H18N2/c13-8-9-5-6-11(12(14)7-9)10-3-1-2-4-10/h5,10-12H,1-4,6-7,14H2. The first-order chi connectivity index (χ1) is 6.81. The van der Waals surface area contributed by atoms with E-state index in [1.54, 1.807) is 0 Å². The SMILES string of the molecule is N#CC1=CCC(C2CCCC2)C(N)C1. The van der Waals surface area contributed by atoms with Crippen LogP contribution in [0.4, 0.5) is 0 Å². The van der Waals surface area contributed by atoms with Crippen LogP contribution in [0.5, 0.6) is 0 Å². The lowest BCUT2D eigenvalue weighted by molar-refractivity contribution is 0.276. The molecule has 0 amide bonds. The van der Waals surface area contributed by atoms with E-state index in [4.69, 9.17) is 11.0 Å². The molecule has 76 valence electrons. The van der Waals surface area contributed by atoms with Crippen LogP contribution in [0.15, 0.2) is 11.6 Å². The Bertz CT molecular complexity index is 269. The number of nitrogens with zero attached hydrogens (tertiary/aromatic N) is 1. The normalized spacial score (nSPS) is 33.9. The Morgan fingerprint density at radius 2 is 2.07 bits per heavy atom. The number of nitrogens with two attached hydrogens (primary N) is 1. The molecule has 0 aromatic heterocycles. The maximum Gasteiger partial charge on any atom is 0.0944 e. The molecule has 0 spiro atoms. The van der Waals surface area contributed by atoms with Crippen molar-refractivity contribution in [2.75, 3.05) is 0 Å². The largest absolute Gasteiger partial charge is 0.327 e. The first kappa shape index (κ1) is 9.73. The average molecular weight is 190 g/mol. The number of hydrogen-bond donors (Lipinski definition) is 1. The highest BCUT2D eigenvalue weighted by Crippen LogP contribution is 2.38. The van der Waals surface area contributed by atoms with E-state index >= 15 is 0 Å². The summed E-state index contributed by atoms with van der Waals surface area (Å²) in [6, 6.07) is 2.46. The van der Waals surface area contributed by atoms with Crippen molar-refractivity contribution in [3.8, 4) is 6.07 Å². The molecule has 2 nitrogen and oxygen atoms in total. The maximum atomic E-state index is 8.79. The minimum Gasteiger partial charge on any atom is -0.327 e. The van der Waals surface area contributed by atoms with E-state index in [9.17, 15) is 0 Å². The van der Waals surface area contributed by atoms with Gasteiger partial charge in [0.25, 0.3) is 0 Å². The molecule has 1 fully saturated rings. The summed E-state index contributed by atoms with van der Waals surface area (Å²) in [5.41, 5.74) is 7.03. The number of allylic oxidation sites excluding steroid dienone is 1. The Kier molecular flexibility index (Phi) is 2.88. The fourth-order valence-electron chi connectivity index (χ4n) is 2.96. The van der Waals surface area contributed by atoms with Crippen LogP contribution >= 0.6 is 0 Å². The zero-order valence-electron chi connectivity index (χ0n) is 8.58. The Balaban J connectivity index is 2.01. The van der Waals surface area contributed by atoms with E-state index in [2.05, 4.69) is 12.1 Å². The molecule has 14 heavy (non-hydrogen) atoms. The zero-order chi connectivity index (χ0) is 9.97. The molecule has 2 N–H and O–H groups in total. The Morgan fingerprint density at radius 3 is 2.64 bits per heavy atom. The topological polar surface area (TPSA) is 49.8 Å². The first-order valence-electron chi connectivity index (χ1n) is 5.66. The average Bonchev–Trinajstić information content (AvgIpc) is 2.70. The highest BCUT2D eigenvalue weighted by atomic mass is 14.7. The maximum absolute atomic E-state index is 8.79. The van der Waals surface area contributed by atoms with Crippen molar-refractivity contribution in [2.45, 2.75) is 44.6 Å². The quantitative estimate of drug-likeness (QED) is 0.690. The van der Waals surface area contributed by atoms with Gasteiger partial charge < -0.3 is 5.73 Å². The van der Waals surface area contributed by atoms with Crippen LogP contribution in [-0.2, 0) is 0 Å². The van der Waals surface area contributed by atoms with Gasteiger partial charge in [-0.3, -0.25) is 0 Å².